The summed E-state index contributed by atoms with van der Waals surface area (Å²) < 4.78 is 15.9. The molecule has 2 atom stereocenters. The van der Waals surface area contributed by atoms with E-state index >= 15 is 0 Å². The van der Waals surface area contributed by atoms with Gasteiger partial charge >= 0.3 is 0 Å². The minimum atomic E-state index is 0.0436. The molecular weight excluding hydrogens is 290 g/mol. The summed E-state index contributed by atoms with van der Waals surface area (Å²) in [5, 5.41) is 0.598. The van der Waals surface area contributed by atoms with Crippen molar-refractivity contribution in [3.05, 3.63) is 17.7 Å². The lowest BCUT2D eigenvalue weighted by Crippen LogP contribution is -2.39. The van der Waals surface area contributed by atoms with E-state index in [1.165, 1.54) is 0 Å². The van der Waals surface area contributed by atoms with E-state index < -0.39 is 0 Å². The second kappa shape index (κ2) is 5.67. The van der Waals surface area contributed by atoms with E-state index in [0.717, 1.165) is 18.7 Å². The van der Waals surface area contributed by atoms with Crippen LogP contribution in [0.2, 0.25) is 0 Å². The average molecular weight is 309 g/mol. The number of ether oxygens (including phenoxy) is 3. The summed E-state index contributed by atoms with van der Waals surface area (Å²) in [6, 6.07) is 3.82. The first-order valence-electron chi connectivity index (χ1n) is 6.90. The number of likely N-dealkylation sites (tertiary alicyclic amines) is 1. The SMILES string of the molecule is COc1cc(C(=O)N2C[C@H]3C[C@H]2CS3)cc(OC)c1OC. The average Bonchev–Trinajstić information content (AvgIpc) is 3.15. The first-order valence-corrected chi connectivity index (χ1v) is 7.95. The van der Waals surface area contributed by atoms with Crippen LogP contribution >= 0.6 is 11.8 Å². The molecule has 2 aliphatic rings. The van der Waals surface area contributed by atoms with E-state index in [1.54, 1.807) is 33.5 Å². The topological polar surface area (TPSA) is 48.0 Å². The Hall–Kier alpha value is -1.56. The molecule has 2 fully saturated rings. The van der Waals surface area contributed by atoms with Crippen LogP contribution in [-0.2, 0) is 0 Å². The highest BCUT2D eigenvalue weighted by Crippen LogP contribution is 2.41. The van der Waals surface area contributed by atoms with Gasteiger partial charge in [0.25, 0.3) is 5.91 Å². The Bertz CT molecular complexity index is 538. The number of nitrogens with zero attached hydrogens (tertiary/aromatic N) is 1. The van der Waals surface area contributed by atoms with E-state index in [0.29, 0.717) is 34.1 Å². The fourth-order valence-corrected chi connectivity index (χ4v) is 4.45. The van der Waals surface area contributed by atoms with Crippen LogP contribution in [0.25, 0.3) is 0 Å². The molecule has 6 heteroatoms. The van der Waals surface area contributed by atoms with E-state index in [1.807, 2.05) is 16.7 Å². The molecule has 0 radical (unpaired) electrons. The van der Waals surface area contributed by atoms with Crippen LogP contribution in [0.4, 0.5) is 0 Å². The standard InChI is InChI=1S/C15H19NO4S/c1-18-12-4-9(5-13(19-2)14(12)20-3)15(17)16-7-11-6-10(16)8-21-11/h4-5,10-11H,6-8H2,1-3H3/t10-,11+/m0/s1. The van der Waals surface area contributed by atoms with Gasteiger partial charge in [-0.25, -0.2) is 0 Å². The molecule has 1 aromatic rings. The van der Waals surface area contributed by atoms with Gasteiger partial charge in [-0.3, -0.25) is 4.79 Å². The molecular formula is C15H19NO4S. The first-order chi connectivity index (χ1) is 10.2. The summed E-state index contributed by atoms with van der Waals surface area (Å²) in [4.78, 5) is 14.7. The maximum absolute atomic E-state index is 12.7. The third-order valence-corrected chi connectivity index (χ3v) is 5.46. The summed E-state index contributed by atoms with van der Waals surface area (Å²) >= 11 is 1.97. The van der Waals surface area contributed by atoms with Crippen LogP contribution in [-0.4, -0.2) is 55.7 Å². The van der Waals surface area contributed by atoms with Gasteiger partial charge in [0.1, 0.15) is 0 Å². The molecule has 2 aliphatic heterocycles. The second-order valence-electron chi connectivity index (χ2n) is 5.22. The highest BCUT2D eigenvalue weighted by Gasteiger charge is 2.41. The summed E-state index contributed by atoms with van der Waals surface area (Å²) in [5.41, 5.74) is 0.585. The monoisotopic (exact) mass is 309 g/mol. The van der Waals surface area contributed by atoms with Crippen molar-refractivity contribution >= 4 is 17.7 Å². The zero-order chi connectivity index (χ0) is 15.0. The Morgan fingerprint density at radius 2 is 1.86 bits per heavy atom. The van der Waals surface area contributed by atoms with Crippen LogP contribution < -0.4 is 14.2 Å². The van der Waals surface area contributed by atoms with Gasteiger partial charge in [-0.05, 0) is 18.6 Å². The lowest BCUT2D eigenvalue weighted by atomic mass is 10.1. The molecule has 0 spiro atoms. The molecule has 5 nitrogen and oxygen atoms in total. The zero-order valence-corrected chi connectivity index (χ0v) is 13.2. The zero-order valence-electron chi connectivity index (χ0n) is 12.4. The fraction of sp³-hybridized carbons (Fsp3) is 0.533. The smallest absolute Gasteiger partial charge is 0.254 e. The number of carbonyl (C=O) groups excluding carboxylic acids is 1. The number of hydrogen-bond donors (Lipinski definition) is 0. The third-order valence-electron chi connectivity index (χ3n) is 4.07. The molecule has 0 N–H and O–H groups in total. The summed E-state index contributed by atoms with van der Waals surface area (Å²) in [5.74, 6) is 2.62. The van der Waals surface area contributed by atoms with Gasteiger partial charge in [-0.2, -0.15) is 11.8 Å². The Kier molecular flexibility index (Phi) is 3.89. The molecule has 0 unspecified atom stereocenters. The number of methoxy groups -OCH3 is 3. The first kappa shape index (κ1) is 14.4. The van der Waals surface area contributed by atoms with Crippen LogP contribution in [0.1, 0.15) is 16.8 Å². The van der Waals surface area contributed by atoms with Crippen molar-refractivity contribution in [1.82, 2.24) is 4.90 Å². The lowest BCUT2D eigenvalue weighted by Gasteiger charge is -2.27. The van der Waals surface area contributed by atoms with Gasteiger partial charge < -0.3 is 19.1 Å². The van der Waals surface area contributed by atoms with Crippen molar-refractivity contribution in [2.24, 2.45) is 0 Å². The Labute approximate surface area is 128 Å². The van der Waals surface area contributed by atoms with Gasteiger partial charge in [0.05, 0.1) is 21.3 Å². The molecule has 2 heterocycles. The van der Waals surface area contributed by atoms with E-state index in [-0.39, 0.29) is 5.91 Å². The van der Waals surface area contributed by atoms with Crippen LogP contribution in [0.3, 0.4) is 0 Å². The molecule has 0 aromatic heterocycles. The minimum Gasteiger partial charge on any atom is -0.493 e. The normalized spacial score (nSPS) is 23.3. The summed E-state index contributed by atoms with van der Waals surface area (Å²) in [6.07, 6.45) is 1.11. The van der Waals surface area contributed by atoms with Crippen LogP contribution in [0.5, 0.6) is 17.2 Å². The van der Waals surface area contributed by atoms with Gasteiger partial charge in [-0.1, -0.05) is 0 Å². The third kappa shape index (κ3) is 2.41. The van der Waals surface area contributed by atoms with Crippen LogP contribution in [0.15, 0.2) is 12.1 Å². The minimum absolute atomic E-state index is 0.0436. The largest absolute Gasteiger partial charge is 0.493 e. The molecule has 21 heavy (non-hydrogen) atoms. The van der Waals surface area contributed by atoms with Crippen molar-refractivity contribution < 1.29 is 19.0 Å². The predicted molar refractivity (Wildman–Crippen MR) is 81.8 cm³/mol. The van der Waals surface area contributed by atoms with Crippen LogP contribution in [0, 0.1) is 0 Å². The molecule has 1 aromatic carbocycles. The molecule has 114 valence electrons. The lowest BCUT2D eigenvalue weighted by molar-refractivity contribution is 0.0746. The van der Waals surface area contributed by atoms with Gasteiger partial charge in [-0.15, -0.1) is 0 Å². The Morgan fingerprint density at radius 3 is 2.29 bits per heavy atom. The predicted octanol–water partition coefficient (Wildman–Crippen LogP) is 2.04. The number of carbonyl (C=O) groups is 1. The number of rotatable bonds is 4. The van der Waals surface area contributed by atoms with Crippen molar-refractivity contribution in [2.45, 2.75) is 17.7 Å². The number of thioether (sulfide) groups is 1. The second-order valence-corrected chi connectivity index (χ2v) is 6.55. The van der Waals surface area contributed by atoms with Crippen molar-refractivity contribution in [2.75, 3.05) is 33.6 Å². The number of amides is 1. The maximum Gasteiger partial charge on any atom is 0.254 e. The quantitative estimate of drug-likeness (QED) is 0.852. The summed E-state index contributed by atoms with van der Waals surface area (Å²) in [7, 11) is 4.67. The van der Waals surface area contributed by atoms with E-state index in [2.05, 4.69) is 0 Å². The van der Waals surface area contributed by atoms with E-state index in [4.69, 9.17) is 14.2 Å². The maximum atomic E-state index is 12.7. The molecule has 2 saturated heterocycles. The van der Waals surface area contributed by atoms with Crippen molar-refractivity contribution in [3.8, 4) is 17.2 Å². The summed E-state index contributed by atoms with van der Waals surface area (Å²) in [6.45, 7) is 0.838. The van der Waals surface area contributed by atoms with Crippen molar-refractivity contribution in [1.29, 1.82) is 0 Å². The van der Waals surface area contributed by atoms with Gasteiger partial charge in [0.15, 0.2) is 11.5 Å². The highest BCUT2D eigenvalue weighted by molar-refractivity contribution is 8.00. The van der Waals surface area contributed by atoms with Gasteiger partial charge in [0.2, 0.25) is 5.75 Å². The Morgan fingerprint density at radius 1 is 1.19 bits per heavy atom. The molecule has 0 saturated carbocycles. The molecule has 1 amide bonds. The van der Waals surface area contributed by atoms with E-state index in [9.17, 15) is 4.79 Å². The number of hydrogen-bond acceptors (Lipinski definition) is 5. The molecule has 3 rings (SSSR count). The molecule has 0 aliphatic carbocycles. The van der Waals surface area contributed by atoms with Crippen molar-refractivity contribution in [3.63, 3.8) is 0 Å². The van der Waals surface area contributed by atoms with Gasteiger partial charge in [0, 0.05) is 29.2 Å². The number of fused-ring (bicyclic) bond motifs is 2. The highest BCUT2D eigenvalue weighted by atomic mass is 32.2. The number of benzene rings is 1. The fourth-order valence-electron chi connectivity index (χ4n) is 3.02. The molecule has 2 bridgehead atoms. The Balaban J connectivity index is 1.93.